The average molecular weight is 256 g/mol. The molecule has 5 heteroatoms. The Labute approximate surface area is 105 Å². The molecule has 1 aromatic rings. The van der Waals surface area contributed by atoms with Gasteiger partial charge in [0.25, 0.3) is 0 Å². The topological polar surface area (TPSA) is 41.6 Å². The summed E-state index contributed by atoms with van der Waals surface area (Å²) in [4.78, 5) is 6.19. The molecular formula is C12H15ClFN3. The Morgan fingerprint density at radius 2 is 2.18 bits per heavy atom. The van der Waals surface area contributed by atoms with Crippen LogP contribution in [0.4, 0.5) is 4.39 Å². The lowest BCUT2D eigenvalue weighted by molar-refractivity contribution is 0.289. The van der Waals surface area contributed by atoms with Crippen molar-refractivity contribution in [2.24, 2.45) is 10.7 Å². The second kappa shape index (κ2) is 4.53. The van der Waals surface area contributed by atoms with Gasteiger partial charge in [0.2, 0.25) is 0 Å². The van der Waals surface area contributed by atoms with Gasteiger partial charge in [-0.15, -0.1) is 0 Å². The molecule has 0 bridgehead atoms. The first-order valence-corrected chi connectivity index (χ1v) is 5.91. The van der Waals surface area contributed by atoms with Gasteiger partial charge < -0.3 is 10.6 Å². The monoisotopic (exact) mass is 255 g/mol. The van der Waals surface area contributed by atoms with Crippen LogP contribution in [0.5, 0.6) is 0 Å². The molecule has 1 heterocycles. The zero-order valence-corrected chi connectivity index (χ0v) is 10.6. The first-order chi connectivity index (χ1) is 7.99. The van der Waals surface area contributed by atoms with Gasteiger partial charge >= 0.3 is 0 Å². The number of aliphatic imine (C=N–C) groups is 1. The predicted molar refractivity (Wildman–Crippen MR) is 67.6 cm³/mol. The quantitative estimate of drug-likeness (QED) is 0.883. The molecule has 0 amide bonds. The molecule has 3 nitrogen and oxygen atoms in total. The molecule has 1 aromatic carbocycles. The molecule has 17 heavy (non-hydrogen) atoms. The Kier molecular flexibility index (Phi) is 3.24. The summed E-state index contributed by atoms with van der Waals surface area (Å²) in [5, 5.41) is 0.397. The maximum absolute atomic E-state index is 13.3. The Morgan fingerprint density at radius 3 is 2.76 bits per heavy atom. The second-order valence-corrected chi connectivity index (χ2v) is 4.85. The van der Waals surface area contributed by atoms with Crippen LogP contribution in [-0.4, -0.2) is 23.4 Å². The summed E-state index contributed by atoms with van der Waals surface area (Å²) in [5.74, 6) is 0.173. The molecular weight excluding hydrogens is 241 g/mol. The van der Waals surface area contributed by atoms with E-state index in [0.717, 1.165) is 5.56 Å². The lowest BCUT2D eigenvalue weighted by atomic mass is 10.1. The van der Waals surface area contributed by atoms with E-state index in [1.807, 2.05) is 18.7 Å². The lowest BCUT2D eigenvalue weighted by Crippen LogP contribution is -2.40. The van der Waals surface area contributed by atoms with Crippen LogP contribution >= 0.6 is 11.6 Å². The fourth-order valence-electron chi connectivity index (χ4n) is 2.17. The molecule has 0 aromatic heterocycles. The number of guanidine groups is 1. The number of hydrogen-bond acceptors (Lipinski definition) is 3. The van der Waals surface area contributed by atoms with Crippen LogP contribution < -0.4 is 5.73 Å². The summed E-state index contributed by atoms with van der Waals surface area (Å²) in [5.41, 5.74) is 6.65. The van der Waals surface area contributed by atoms with Crippen LogP contribution in [0.25, 0.3) is 0 Å². The summed E-state index contributed by atoms with van der Waals surface area (Å²) in [6.45, 7) is 4.60. The number of benzene rings is 1. The smallest absolute Gasteiger partial charge is 0.192 e. The van der Waals surface area contributed by atoms with Crippen LogP contribution in [0.15, 0.2) is 23.2 Å². The van der Waals surface area contributed by atoms with E-state index in [4.69, 9.17) is 17.3 Å². The zero-order valence-electron chi connectivity index (χ0n) is 9.82. The second-order valence-electron chi connectivity index (χ2n) is 4.42. The molecule has 2 N–H and O–H groups in total. The van der Waals surface area contributed by atoms with E-state index < -0.39 is 0 Å². The third-order valence-electron chi connectivity index (χ3n) is 2.85. The Bertz CT molecular complexity index is 439. The van der Waals surface area contributed by atoms with Gasteiger partial charge in [-0.25, -0.2) is 4.39 Å². The molecule has 0 spiro atoms. The molecule has 92 valence electrons. The first kappa shape index (κ1) is 12.2. The van der Waals surface area contributed by atoms with Crippen molar-refractivity contribution in [2.45, 2.75) is 25.9 Å². The van der Waals surface area contributed by atoms with E-state index in [1.54, 1.807) is 6.07 Å². The highest BCUT2D eigenvalue weighted by Gasteiger charge is 2.29. The molecule has 1 atom stereocenters. The number of nitrogens with two attached hydrogens (primary N) is 1. The van der Waals surface area contributed by atoms with E-state index in [9.17, 15) is 4.39 Å². The minimum absolute atomic E-state index is 0.0248. The van der Waals surface area contributed by atoms with E-state index >= 15 is 0 Å². The number of rotatable bonds is 2. The molecule has 0 radical (unpaired) electrons. The van der Waals surface area contributed by atoms with Gasteiger partial charge in [-0.1, -0.05) is 11.6 Å². The first-order valence-electron chi connectivity index (χ1n) is 5.53. The molecule has 2 rings (SSSR count). The maximum Gasteiger partial charge on any atom is 0.192 e. The Morgan fingerprint density at radius 1 is 1.47 bits per heavy atom. The van der Waals surface area contributed by atoms with Crippen LogP contribution in [0, 0.1) is 5.82 Å². The lowest BCUT2D eigenvalue weighted by Gasteiger charge is -2.30. The molecule has 0 saturated carbocycles. The van der Waals surface area contributed by atoms with Crippen molar-refractivity contribution >= 4 is 17.6 Å². The average Bonchev–Trinajstić information content (AvgIpc) is 2.58. The van der Waals surface area contributed by atoms with E-state index in [-0.39, 0.29) is 17.9 Å². The molecule has 0 aliphatic carbocycles. The highest BCUT2D eigenvalue weighted by Crippen LogP contribution is 2.29. The fourth-order valence-corrected chi connectivity index (χ4v) is 2.40. The normalized spacial score (nSPS) is 19.9. The number of nitrogens with zero attached hydrogens (tertiary/aromatic N) is 2. The van der Waals surface area contributed by atoms with Gasteiger partial charge in [0, 0.05) is 11.1 Å². The van der Waals surface area contributed by atoms with Crippen molar-refractivity contribution < 1.29 is 4.39 Å². The molecule has 1 unspecified atom stereocenters. The van der Waals surface area contributed by atoms with Gasteiger partial charge in [-0.2, -0.15) is 0 Å². The van der Waals surface area contributed by atoms with Crippen molar-refractivity contribution in [3.05, 3.63) is 34.6 Å². The summed E-state index contributed by atoms with van der Waals surface area (Å²) < 4.78 is 13.3. The largest absolute Gasteiger partial charge is 0.370 e. The highest BCUT2D eigenvalue weighted by molar-refractivity contribution is 6.30. The van der Waals surface area contributed by atoms with Crippen molar-refractivity contribution in [2.75, 3.05) is 6.54 Å². The molecule has 1 aliphatic heterocycles. The highest BCUT2D eigenvalue weighted by atomic mass is 35.5. The van der Waals surface area contributed by atoms with Crippen molar-refractivity contribution in [3.8, 4) is 0 Å². The summed E-state index contributed by atoms with van der Waals surface area (Å²) in [6, 6.07) is 4.74. The minimum Gasteiger partial charge on any atom is -0.370 e. The summed E-state index contributed by atoms with van der Waals surface area (Å²) >= 11 is 5.87. The zero-order chi connectivity index (χ0) is 12.6. The van der Waals surface area contributed by atoms with Crippen molar-refractivity contribution in [1.29, 1.82) is 0 Å². The number of halogens is 2. The van der Waals surface area contributed by atoms with Gasteiger partial charge in [-0.3, -0.25) is 4.99 Å². The third-order valence-corrected chi connectivity index (χ3v) is 3.07. The van der Waals surface area contributed by atoms with Gasteiger partial charge in [-0.05, 0) is 37.6 Å². The van der Waals surface area contributed by atoms with Gasteiger partial charge in [0.05, 0.1) is 12.6 Å². The van der Waals surface area contributed by atoms with Crippen LogP contribution in [0.1, 0.15) is 25.5 Å². The van der Waals surface area contributed by atoms with Gasteiger partial charge in [0.1, 0.15) is 5.82 Å². The SMILES string of the molecule is CC(C)N1C(N)=NCC1c1cc(F)cc(Cl)c1. The standard InChI is InChI=1S/C12H15ClFN3/c1-7(2)17-11(6-16-12(17)15)8-3-9(13)5-10(14)4-8/h3-5,7,11H,6H2,1-2H3,(H2,15,16). The Hall–Kier alpha value is -1.29. The van der Waals surface area contributed by atoms with E-state index in [2.05, 4.69) is 4.99 Å². The van der Waals surface area contributed by atoms with Crippen LogP contribution in [0.2, 0.25) is 5.02 Å². The van der Waals surface area contributed by atoms with E-state index in [1.165, 1.54) is 12.1 Å². The van der Waals surface area contributed by atoms with Crippen LogP contribution in [0.3, 0.4) is 0 Å². The molecule has 0 fully saturated rings. The van der Waals surface area contributed by atoms with Crippen molar-refractivity contribution in [3.63, 3.8) is 0 Å². The molecule has 0 saturated heterocycles. The Balaban J connectivity index is 2.34. The minimum atomic E-state index is -0.332. The van der Waals surface area contributed by atoms with Crippen molar-refractivity contribution in [1.82, 2.24) is 4.90 Å². The molecule has 1 aliphatic rings. The summed E-state index contributed by atoms with van der Waals surface area (Å²) in [7, 11) is 0. The maximum atomic E-state index is 13.3. The third kappa shape index (κ3) is 2.36. The van der Waals surface area contributed by atoms with Gasteiger partial charge in [0.15, 0.2) is 5.96 Å². The summed E-state index contributed by atoms with van der Waals surface area (Å²) in [6.07, 6.45) is 0. The van der Waals surface area contributed by atoms with E-state index in [0.29, 0.717) is 17.5 Å². The van der Waals surface area contributed by atoms with Crippen LogP contribution in [-0.2, 0) is 0 Å². The number of hydrogen-bond donors (Lipinski definition) is 1. The fraction of sp³-hybridized carbons (Fsp3) is 0.417. The predicted octanol–water partition coefficient (Wildman–Crippen LogP) is 2.56.